The van der Waals surface area contributed by atoms with Crippen molar-refractivity contribution in [2.75, 3.05) is 11.9 Å². The first-order valence-corrected chi connectivity index (χ1v) is 8.46. The second-order valence-electron chi connectivity index (χ2n) is 6.91. The Balaban J connectivity index is 2.27. The quantitative estimate of drug-likeness (QED) is 0.843. The number of rotatable bonds is 5. The summed E-state index contributed by atoms with van der Waals surface area (Å²) in [6.07, 6.45) is 6.37. The lowest BCUT2D eigenvalue weighted by Gasteiger charge is -2.28. The maximum atomic E-state index is 13.0. The first-order chi connectivity index (χ1) is 11.3. The number of hydrogen-bond acceptors (Lipinski definition) is 3. The maximum Gasteiger partial charge on any atom is 0.249 e. The largest absolute Gasteiger partial charge is 0.335 e. The van der Waals surface area contributed by atoms with Gasteiger partial charge in [-0.2, -0.15) is 0 Å². The SMILES string of the molecule is C#CCN1C(C)=NC(CC(C)C)C1C(=O)Nc1c(C)cccc1C. The molecule has 0 saturated heterocycles. The number of hydrogen-bond donors (Lipinski definition) is 1. The molecular formula is C20H27N3O. The zero-order chi connectivity index (χ0) is 17.9. The molecule has 4 heteroatoms. The van der Waals surface area contributed by atoms with Crippen LogP contribution in [0.4, 0.5) is 5.69 Å². The molecule has 2 atom stereocenters. The van der Waals surface area contributed by atoms with Gasteiger partial charge >= 0.3 is 0 Å². The molecule has 1 aliphatic heterocycles. The highest BCUT2D eigenvalue weighted by Gasteiger charge is 2.39. The minimum Gasteiger partial charge on any atom is -0.335 e. The summed E-state index contributed by atoms with van der Waals surface area (Å²) in [4.78, 5) is 19.7. The highest BCUT2D eigenvalue weighted by molar-refractivity contribution is 6.00. The van der Waals surface area contributed by atoms with E-state index in [1.165, 1.54) is 0 Å². The van der Waals surface area contributed by atoms with E-state index < -0.39 is 0 Å². The molecule has 1 amide bonds. The third-order valence-electron chi connectivity index (χ3n) is 4.44. The molecule has 1 N–H and O–H groups in total. The number of aliphatic imine (C=N–C) groups is 1. The Bertz CT molecular complexity index is 664. The lowest BCUT2D eigenvalue weighted by atomic mass is 9.97. The number of nitrogens with zero attached hydrogens (tertiary/aromatic N) is 2. The van der Waals surface area contributed by atoms with Crippen LogP contribution in [0.2, 0.25) is 0 Å². The second kappa shape index (κ2) is 7.53. The van der Waals surface area contributed by atoms with E-state index in [1.54, 1.807) is 0 Å². The van der Waals surface area contributed by atoms with Gasteiger partial charge in [0.15, 0.2) is 0 Å². The lowest BCUT2D eigenvalue weighted by molar-refractivity contribution is -0.120. The van der Waals surface area contributed by atoms with Crippen molar-refractivity contribution >= 4 is 17.4 Å². The van der Waals surface area contributed by atoms with Crippen molar-refractivity contribution in [3.05, 3.63) is 29.3 Å². The third-order valence-corrected chi connectivity index (χ3v) is 4.44. The Labute approximate surface area is 145 Å². The summed E-state index contributed by atoms with van der Waals surface area (Å²) >= 11 is 0. The number of anilines is 1. The molecule has 1 aromatic rings. The van der Waals surface area contributed by atoms with Gasteiger partial charge in [-0.05, 0) is 44.2 Å². The van der Waals surface area contributed by atoms with Gasteiger partial charge in [-0.1, -0.05) is 38.0 Å². The standard InChI is InChI=1S/C20H27N3O/c1-7-11-23-16(6)21-17(12-13(2)3)19(23)20(24)22-18-14(4)9-8-10-15(18)5/h1,8-10,13,17,19H,11-12H2,2-6H3,(H,22,24). The van der Waals surface area contributed by atoms with Crippen LogP contribution in [-0.4, -0.2) is 35.3 Å². The van der Waals surface area contributed by atoms with Crippen molar-refractivity contribution in [3.63, 3.8) is 0 Å². The highest BCUT2D eigenvalue weighted by Crippen LogP contribution is 2.26. The van der Waals surface area contributed by atoms with Crippen LogP contribution in [0, 0.1) is 32.1 Å². The topological polar surface area (TPSA) is 44.7 Å². The number of benzene rings is 1. The monoisotopic (exact) mass is 325 g/mol. The van der Waals surface area contributed by atoms with Crippen LogP contribution in [0.1, 0.15) is 38.3 Å². The fourth-order valence-electron chi connectivity index (χ4n) is 3.29. The summed E-state index contributed by atoms with van der Waals surface area (Å²) in [5.74, 6) is 3.93. The fraction of sp³-hybridized carbons (Fsp3) is 0.500. The molecule has 128 valence electrons. The van der Waals surface area contributed by atoms with Crippen molar-refractivity contribution in [3.8, 4) is 12.3 Å². The first kappa shape index (κ1) is 18.1. The summed E-state index contributed by atoms with van der Waals surface area (Å²) in [7, 11) is 0. The van der Waals surface area contributed by atoms with Crippen molar-refractivity contribution in [2.45, 2.75) is 53.1 Å². The van der Waals surface area contributed by atoms with Gasteiger partial charge in [0, 0.05) is 5.69 Å². The molecule has 1 aliphatic rings. The van der Waals surface area contributed by atoms with Gasteiger partial charge in [0.1, 0.15) is 6.04 Å². The molecule has 0 radical (unpaired) electrons. The number of amidine groups is 1. The molecule has 2 unspecified atom stereocenters. The van der Waals surface area contributed by atoms with E-state index in [2.05, 4.69) is 25.1 Å². The third kappa shape index (κ3) is 3.79. The molecule has 4 nitrogen and oxygen atoms in total. The summed E-state index contributed by atoms with van der Waals surface area (Å²) in [5.41, 5.74) is 3.00. The zero-order valence-electron chi connectivity index (χ0n) is 15.3. The molecule has 2 rings (SSSR count). The molecule has 0 spiro atoms. The second-order valence-corrected chi connectivity index (χ2v) is 6.91. The number of nitrogens with one attached hydrogen (secondary N) is 1. The van der Waals surface area contributed by atoms with Crippen LogP contribution in [0.25, 0.3) is 0 Å². The Morgan fingerprint density at radius 3 is 2.50 bits per heavy atom. The Kier molecular flexibility index (Phi) is 5.66. The van der Waals surface area contributed by atoms with E-state index in [9.17, 15) is 4.79 Å². The summed E-state index contributed by atoms with van der Waals surface area (Å²) in [5, 5.41) is 3.11. The van der Waals surface area contributed by atoms with Crippen LogP contribution < -0.4 is 5.32 Å². The number of para-hydroxylation sites is 1. The number of amides is 1. The normalized spacial score (nSPS) is 20.0. The predicted octanol–water partition coefficient (Wildman–Crippen LogP) is 3.39. The predicted molar refractivity (Wildman–Crippen MR) is 100 cm³/mol. The molecule has 1 aromatic carbocycles. The maximum absolute atomic E-state index is 13.0. The van der Waals surface area contributed by atoms with Crippen LogP contribution in [-0.2, 0) is 4.79 Å². The van der Waals surface area contributed by atoms with Gasteiger partial charge in [-0.15, -0.1) is 6.42 Å². The smallest absolute Gasteiger partial charge is 0.249 e. The molecule has 0 saturated carbocycles. The fourth-order valence-corrected chi connectivity index (χ4v) is 3.29. The number of carbonyl (C=O) groups is 1. The average molecular weight is 325 g/mol. The lowest BCUT2D eigenvalue weighted by Crippen LogP contribution is -2.48. The van der Waals surface area contributed by atoms with Gasteiger partial charge in [0.25, 0.3) is 0 Å². The van der Waals surface area contributed by atoms with E-state index in [0.29, 0.717) is 12.5 Å². The molecule has 0 aliphatic carbocycles. The summed E-state index contributed by atoms with van der Waals surface area (Å²) in [6.45, 7) is 10.6. The molecular weight excluding hydrogens is 298 g/mol. The van der Waals surface area contributed by atoms with Crippen LogP contribution in [0.3, 0.4) is 0 Å². The highest BCUT2D eigenvalue weighted by atomic mass is 16.2. The number of aryl methyl sites for hydroxylation is 2. The van der Waals surface area contributed by atoms with Gasteiger partial charge in [-0.25, -0.2) is 0 Å². The molecule has 0 aromatic heterocycles. The van der Waals surface area contributed by atoms with Crippen molar-refractivity contribution < 1.29 is 4.79 Å². The minimum absolute atomic E-state index is 0.0334. The van der Waals surface area contributed by atoms with Crippen molar-refractivity contribution in [1.29, 1.82) is 0 Å². The molecule has 1 heterocycles. The van der Waals surface area contributed by atoms with Crippen LogP contribution in [0.5, 0.6) is 0 Å². The molecule has 0 bridgehead atoms. The first-order valence-electron chi connectivity index (χ1n) is 8.46. The number of carbonyl (C=O) groups excluding carboxylic acids is 1. The van der Waals surface area contributed by atoms with Gasteiger partial charge < -0.3 is 10.2 Å². The van der Waals surface area contributed by atoms with E-state index in [-0.39, 0.29) is 18.0 Å². The van der Waals surface area contributed by atoms with Crippen molar-refractivity contribution in [1.82, 2.24) is 4.90 Å². The van der Waals surface area contributed by atoms with Crippen LogP contribution >= 0.6 is 0 Å². The Hall–Kier alpha value is -2.28. The number of terminal acetylenes is 1. The van der Waals surface area contributed by atoms with Crippen molar-refractivity contribution in [2.24, 2.45) is 10.9 Å². The molecule has 24 heavy (non-hydrogen) atoms. The molecule has 0 fully saturated rings. The van der Waals surface area contributed by atoms with E-state index in [0.717, 1.165) is 29.1 Å². The zero-order valence-corrected chi connectivity index (χ0v) is 15.3. The van der Waals surface area contributed by atoms with Gasteiger partial charge in [0.05, 0.1) is 18.4 Å². The van der Waals surface area contributed by atoms with E-state index in [1.807, 2.05) is 43.9 Å². The minimum atomic E-state index is -0.345. The van der Waals surface area contributed by atoms with Gasteiger partial charge in [-0.3, -0.25) is 9.79 Å². The Morgan fingerprint density at radius 2 is 1.96 bits per heavy atom. The average Bonchev–Trinajstić information content (AvgIpc) is 2.78. The van der Waals surface area contributed by atoms with E-state index >= 15 is 0 Å². The summed E-state index contributed by atoms with van der Waals surface area (Å²) in [6, 6.07) is 5.60. The van der Waals surface area contributed by atoms with Crippen LogP contribution in [0.15, 0.2) is 23.2 Å². The summed E-state index contributed by atoms with van der Waals surface area (Å²) < 4.78 is 0. The Morgan fingerprint density at radius 1 is 1.33 bits per heavy atom. The van der Waals surface area contributed by atoms with E-state index in [4.69, 9.17) is 11.4 Å². The van der Waals surface area contributed by atoms with Gasteiger partial charge in [0.2, 0.25) is 5.91 Å².